The van der Waals surface area contributed by atoms with Gasteiger partial charge in [-0.15, -0.1) is 0 Å². The van der Waals surface area contributed by atoms with E-state index in [1.807, 2.05) is 29.3 Å². The van der Waals surface area contributed by atoms with Crippen molar-refractivity contribution in [3.05, 3.63) is 77.2 Å². The predicted octanol–water partition coefficient (Wildman–Crippen LogP) is 4.82. The summed E-state index contributed by atoms with van der Waals surface area (Å²) < 4.78 is 24.7. The second kappa shape index (κ2) is 11.7. The summed E-state index contributed by atoms with van der Waals surface area (Å²) in [5.74, 6) is 1.30. The highest BCUT2D eigenvalue weighted by Crippen LogP contribution is 2.41. The van der Waals surface area contributed by atoms with E-state index < -0.39 is 5.82 Å². The number of nitriles is 1. The summed E-state index contributed by atoms with van der Waals surface area (Å²) in [7, 11) is 1.61. The van der Waals surface area contributed by atoms with Crippen LogP contribution < -0.4 is 10.5 Å². The zero-order chi connectivity index (χ0) is 34.3. The summed E-state index contributed by atoms with van der Waals surface area (Å²) in [6.07, 6.45) is 6.16. The molecule has 2 aliphatic carbocycles. The summed E-state index contributed by atoms with van der Waals surface area (Å²) in [5, 5.41) is 10.1. The minimum Gasteiger partial charge on any atom is -0.494 e. The maximum absolute atomic E-state index is 14.3. The van der Waals surface area contributed by atoms with Gasteiger partial charge in [-0.05, 0) is 86.1 Å². The highest BCUT2D eigenvalue weighted by Gasteiger charge is 2.47. The molecule has 3 atom stereocenters. The molecule has 11 nitrogen and oxygen atoms in total. The number of aromatic nitrogens is 4. The molecular weight excluding hydrogens is 635 g/mol. The fraction of sp³-hybridized carbons (Fsp3) is 0.395. The number of hydrogen-bond acceptors (Lipinski definition) is 7. The van der Waals surface area contributed by atoms with Crippen molar-refractivity contribution in [1.29, 1.82) is 5.26 Å². The molecule has 2 amide bonds. The largest absolute Gasteiger partial charge is 0.494 e. The SMILES string of the molecule is COc1cc(C(=O)N2CC3CCC2[C@@H]3N)cc2nc(-c3cc4cccnc4n3CC3CC3)n(CC3CN(C(=O)c4ccc(C#N)c(F)c4)C3)c12. The third-order valence-electron chi connectivity index (χ3n) is 11.2. The second-order valence-corrected chi connectivity index (χ2v) is 14.4. The molecule has 2 aromatic carbocycles. The lowest BCUT2D eigenvalue weighted by Crippen LogP contribution is -2.51. The molecule has 5 heterocycles. The number of piperidine rings is 1. The quantitative estimate of drug-likeness (QED) is 0.250. The second-order valence-electron chi connectivity index (χ2n) is 14.4. The van der Waals surface area contributed by atoms with Gasteiger partial charge in [0, 0.05) is 73.4 Å². The Morgan fingerprint density at radius 3 is 2.50 bits per heavy atom. The summed E-state index contributed by atoms with van der Waals surface area (Å²) >= 11 is 0. The van der Waals surface area contributed by atoms with Crippen molar-refractivity contribution in [2.45, 2.75) is 50.9 Å². The van der Waals surface area contributed by atoms with Crippen LogP contribution in [0.2, 0.25) is 0 Å². The molecule has 4 fully saturated rings. The van der Waals surface area contributed by atoms with E-state index in [2.05, 4.69) is 21.3 Å². The van der Waals surface area contributed by atoms with E-state index in [1.165, 1.54) is 25.0 Å². The third-order valence-corrected chi connectivity index (χ3v) is 11.2. The molecule has 2 saturated carbocycles. The number of fused-ring (bicyclic) bond motifs is 4. The van der Waals surface area contributed by atoms with Crippen molar-refractivity contribution in [2.24, 2.45) is 23.5 Å². The van der Waals surface area contributed by atoms with E-state index in [0.29, 0.717) is 54.8 Å². The Bertz CT molecular complexity index is 2240. The van der Waals surface area contributed by atoms with Gasteiger partial charge in [-0.3, -0.25) is 9.59 Å². The summed E-state index contributed by atoms with van der Waals surface area (Å²) in [6, 6.07) is 15.7. The van der Waals surface area contributed by atoms with E-state index in [0.717, 1.165) is 53.5 Å². The molecule has 2 N–H and O–H groups in total. The van der Waals surface area contributed by atoms with Crippen LogP contribution in [0, 0.1) is 34.9 Å². The van der Waals surface area contributed by atoms with Crippen LogP contribution in [0.25, 0.3) is 33.6 Å². The summed E-state index contributed by atoms with van der Waals surface area (Å²) in [6.45, 7) is 3.01. The Morgan fingerprint density at radius 1 is 0.980 bits per heavy atom. The number of pyridine rings is 1. The first-order chi connectivity index (χ1) is 24.3. The van der Waals surface area contributed by atoms with Gasteiger partial charge in [0.05, 0.1) is 23.9 Å². The lowest BCUT2D eigenvalue weighted by atomic mass is 9.98. The molecular formula is C38H37FN8O3. The Balaban J connectivity index is 1.10. The van der Waals surface area contributed by atoms with E-state index in [-0.39, 0.29) is 40.9 Å². The number of carbonyl (C=O) groups is 2. The highest BCUT2D eigenvalue weighted by atomic mass is 19.1. The average Bonchev–Trinajstić information content (AvgIpc) is 3.47. The van der Waals surface area contributed by atoms with Gasteiger partial charge in [-0.25, -0.2) is 14.4 Å². The van der Waals surface area contributed by atoms with Gasteiger partial charge in [0.2, 0.25) is 0 Å². The third kappa shape index (κ3) is 4.94. The maximum Gasteiger partial charge on any atom is 0.254 e. The fourth-order valence-electron chi connectivity index (χ4n) is 8.38. The minimum absolute atomic E-state index is 0.0160. The molecule has 2 unspecified atom stereocenters. The summed E-state index contributed by atoms with van der Waals surface area (Å²) in [4.78, 5) is 40.8. The minimum atomic E-state index is -0.703. The van der Waals surface area contributed by atoms with Crippen LogP contribution in [-0.2, 0) is 13.1 Å². The van der Waals surface area contributed by atoms with Crippen LogP contribution in [0.3, 0.4) is 0 Å². The van der Waals surface area contributed by atoms with Crippen molar-refractivity contribution < 1.29 is 18.7 Å². The Kier molecular flexibility index (Phi) is 7.17. The Hall–Kier alpha value is -5.28. The number of amides is 2. The van der Waals surface area contributed by atoms with Crippen LogP contribution in [0.1, 0.15) is 52.0 Å². The lowest BCUT2D eigenvalue weighted by molar-refractivity contribution is 0.0471. The number of likely N-dealkylation sites (tertiary alicyclic amines) is 2. The van der Waals surface area contributed by atoms with Crippen molar-refractivity contribution in [1.82, 2.24) is 28.9 Å². The number of ether oxygens (including phenoxy) is 1. The van der Waals surface area contributed by atoms with Gasteiger partial charge in [0.1, 0.15) is 28.8 Å². The molecule has 9 rings (SSSR count). The van der Waals surface area contributed by atoms with E-state index in [4.69, 9.17) is 25.7 Å². The predicted molar refractivity (Wildman–Crippen MR) is 184 cm³/mol. The zero-order valence-corrected chi connectivity index (χ0v) is 27.8. The monoisotopic (exact) mass is 672 g/mol. The first-order valence-electron chi connectivity index (χ1n) is 17.4. The van der Waals surface area contributed by atoms with Crippen molar-refractivity contribution in [2.75, 3.05) is 26.7 Å². The molecule has 50 heavy (non-hydrogen) atoms. The van der Waals surface area contributed by atoms with E-state index >= 15 is 0 Å². The first-order valence-corrected chi connectivity index (χ1v) is 17.4. The zero-order valence-electron chi connectivity index (χ0n) is 27.8. The van der Waals surface area contributed by atoms with Crippen LogP contribution in [0.5, 0.6) is 5.75 Å². The molecule has 2 saturated heterocycles. The number of carbonyl (C=O) groups excluding carboxylic acids is 2. The van der Waals surface area contributed by atoms with E-state index in [9.17, 15) is 14.0 Å². The van der Waals surface area contributed by atoms with E-state index in [1.54, 1.807) is 18.1 Å². The van der Waals surface area contributed by atoms with Gasteiger partial charge in [-0.1, -0.05) is 0 Å². The number of imidazole rings is 1. The molecule has 0 radical (unpaired) electrons. The number of halogens is 1. The molecule has 0 spiro atoms. The fourth-order valence-corrected chi connectivity index (χ4v) is 8.38. The van der Waals surface area contributed by atoms with Gasteiger partial charge >= 0.3 is 0 Å². The molecule has 5 aromatic rings. The number of benzene rings is 2. The Morgan fingerprint density at radius 2 is 1.80 bits per heavy atom. The first kappa shape index (κ1) is 30.8. The standard InChI is InChI=1S/C38H37FN8O3/c1-50-32-14-27(38(49)46-20-26-8-9-30(46)33(26)41)12-29-34(32)47(19-22-16-44(17-22)37(48)24-6-7-25(15-40)28(39)11-24)36(43-29)31-13-23-3-2-10-42-35(23)45(31)18-21-4-5-21/h2-3,6-7,10-14,21-22,26,30,33H,4-5,8-9,16-20,41H2,1H3/t26?,30?,33-/m1/s1. The highest BCUT2D eigenvalue weighted by molar-refractivity contribution is 6.00. The molecule has 2 aliphatic heterocycles. The van der Waals surface area contributed by atoms with Gasteiger partial charge in [0.15, 0.2) is 5.82 Å². The normalized spacial score (nSPS) is 21.6. The number of hydrogen-bond donors (Lipinski definition) is 1. The van der Waals surface area contributed by atoms with Gasteiger partial charge in [0.25, 0.3) is 11.8 Å². The number of nitrogens with two attached hydrogens (primary N) is 1. The smallest absolute Gasteiger partial charge is 0.254 e. The molecule has 4 aliphatic rings. The number of nitrogens with zero attached hydrogens (tertiary/aromatic N) is 7. The van der Waals surface area contributed by atoms with Crippen LogP contribution in [0.15, 0.2) is 54.7 Å². The summed E-state index contributed by atoms with van der Waals surface area (Å²) in [5.41, 5.74) is 10.4. The van der Waals surface area contributed by atoms with Gasteiger partial charge < -0.3 is 29.4 Å². The number of rotatable bonds is 8. The van der Waals surface area contributed by atoms with Crippen LogP contribution in [0.4, 0.5) is 4.39 Å². The number of methoxy groups -OCH3 is 1. The molecule has 3 aromatic heterocycles. The molecule has 12 heteroatoms. The van der Waals surface area contributed by atoms with Crippen molar-refractivity contribution in [3.8, 4) is 23.3 Å². The molecule has 2 bridgehead atoms. The van der Waals surface area contributed by atoms with Crippen molar-refractivity contribution in [3.63, 3.8) is 0 Å². The van der Waals surface area contributed by atoms with Crippen LogP contribution >= 0.6 is 0 Å². The Labute approximate surface area is 288 Å². The maximum atomic E-state index is 14.3. The van der Waals surface area contributed by atoms with Crippen molar-refractivity contribution >= 4 is 33.9 Å². The molecule has 254 valence electrons. The topological polar surface area (TPSA) is 135 Å². The lowest BCUT2D eigenvalue weighted by Gasteiger charge is -2.40. The van der Waals surface area contributed by atoms with Gasteiger partial charge in [-0.2, -0.15) is 5.26 Å². The average molecular weight is 673 g/mol. The van der Waals surface area contributed by atoms with Crippen LogP contribution in [-0.4, -0.2) is 79.5 Å².